The van der Waals surface area contributed by atoms with Crippen LogP contribution >= 0.6 is 35.0 Å². The van der Waals surface area contributed by atoms with Crippen molar-refractivity contribution in [2.45, 2.75) is 13.3 Å². The summed E-state index contributed by atoms with van der Waals surface area (Å²) in [5.74, 6) is 6.48. The predicted octanol–water partition coefficient (Wildman–Crippen LogP) is 3.41. The molecule has 0 amide bonds. The Labute approximate surface area is 109 Å². The number of aromatic nitrogens is 1. The van der Waals surface area contributed by atoms with Crippen molar-refractivity contribution in [1.82, 2.24) is 4.98 Å². The van der Waals surface area contributed by atoms with Crippen LogP contribution in [0.3, 0.4) is 0 Å². The normalized spacial score (nSPS) is 9.44. The van der Waals surface area contributed by atoms with Crippen molar-refractivity contribution in [3.63, 3.8) is 0 Å². The number of hydrogen-bond donors (Lipinski definition) is 0. The number of rotatable bonds is 2. The second-order valence-electron chi connectivity index (χ2n) is 2.87. The molecule has 0 spiro atoms. The van der Waals surface area contributed by atoms with Crippen LogP contribution in [-0.2, 0) is 4.79 Å². The zero-order valence-corrected chi connectivity index (χ0v) is 10.9. The van der Waals surface area contributed by atoms with Gasteiger partial charge in [0, 0.05) is 31.5 Å². The Morgan fingerprint density at radius 1 is 1.44 bits per heavy atom. The van der Waals surface area contributed by atoms with E-state index in [-0.39, 0.29) is 5.12 Å². The summed E-state index contributed by atoms with van der Waals surface area (Å²) in [6.45, 7) is 1.54. The molecule has 5 heteroatoms. The molecule has 0 radical (unpaired) electrons. The molecular formula is C11H9Cl2NOS. The number of pyridine rings is 1. The van der Waals surface area contributed by atoms with Gasteiger partial charge in [-0.25, -0.2) is 0 Å². The molecule has 0 aromatic carbocycles. The second-order valence-corrected chi connectivity index (χ2v) is 4.96. The van der Waals surface area contributed by atoms with Gasteiger partial charge in [-0.3, -0.25) is 9.78 Å². The van der Waals surface area contributed by atoms with E-state index >= 15 is 0 Å². The van der Waals surface area contributed by atoms with Gasteiger partial charge in [-0.05, 0) is 0 Å². The summed E-state index contributed by atoms with van der Waals surface area (Å²) >= 11 is 13.0. The van der Waals surface area contributed by atoms with E-state index in [4.69, 9.17) is 23.2 Å². The standard InChI is InChI=1S/C11H9Cl2NOS/c1-8(15)16-5-3-2-4-9-10(12)6-14-7-11(9)13/h6-7H,3,5H2,1H3. The molecule has 0 bridgehead atoms. The number of hydrogen-bond acceptors (Lipinski definition) is 3. The highest BCUT2D eigenvalue weighted by Crippen LogP contribution is 2.21. The summed E-state index contributed by atoms with van der Waals surface area (Å²) < 4.78 is 0. The number of carbonyl (C=O) groups is 1. The average Bonchev–Trinajstić information content (AvgIpc) is 2.21. The minimum atomic E-state index is 0.0989. The van der Waals surface area contributed by atoms with Crippen molar-refractivity contribution in [2.75, 3.05) is 5.75 Å². The third kappa shape index (κ3) is 4.44. The lowest BCUT2D eigenvalue weighted by Crippen LogP contribution is -1.85. The summed E-state index contributed by atoms with van der Waals surface area (Å²) in [5, 5.41) is 0.986. The minimum Gasteiger partial charge on any atom is -0.288 e. The lowest BCUT2D eigenvalue weighted by molar-refractivity contribution is -0.109. The van der Waals surface area contributed by atoms with E-state index in [1.165, 1.54) is 31.1 Å². The maximum atomic E-state index is 10.6. The number of thioether (sulfide) groups is 1. The number of halogens is 2. The van der Waals surface area contributed by atoms with Crippen molar-refractivity contribution < 1.29 is 4.79 Å². The fourth-order valence-electron chi connectivity index (χ4n) is 0.927. The summed E-state index contributed by atoms with van der Waals surface area (Å²) in [5.41, 5.74) is 0.589. The van der Waals surface area contributed by atoms with Crippen LogP contribution in [0.5, 0.6) is 0 Å². The van der Waals surface area contributed by atoms with Crippen LogP contribution in [0.15, 0.2) is 12.4 Å². The lowest BCUT2D eigenvalue weighted by atomic mass is 10.2. The quantitative estimate of drug-likeness (QED) is 0.611. The van der Waals surface area contributed by atoms with Gasteiger partial charge in [-0.15, -0.1) is 0 Å². The highest BCUT2D eigenvalue weighted by Gasteiger charge is 2.01. The average molecular weight is 274 g/mol. The lowest BCUT2D eigenvalue weighted by Gasteiger charge is -1.96. The van der Waals surface area contributed by atoms with Crippen LogP contribution in [-0.4, -0.2) is 15.9 Å². The molecule has 1 aromatic rings. The van der Waals surface area contributed by atoms with Crippen molar-refractivity contribution in [1.29, 1.82) is 0 Å². The third-order valence-corrected chi connectivity index (χ3v) is 2.99. The van der Waals surface area contributed by atoms with Gasteiger partial charge in [-0.2, -0.15) is 0 Å². The molecule has 0 aliphatic carbocycles. The molecule has 1 aromatic heterocycles. The molecule has 16 heavy (non-hydrogen) atoms. The molecule has 0 saturated heterocycles. The van der Waals surface area contributed by atoms with E-state index in [2.05, 4.69) is 16.8 Å². The SMILES string of the molecule is CC(=O)SCCC#Cc1c(Cl)cncc1Cl. The van der Waals surface area contributed by atoms with E-state index in [9.17, 15) is 4.79 Å². The maximum Gasteiger partial charge on any atom is 0.185 e. The summed E-state index contributed by atoms with van der Waals surface area (Å²) in [6, 6.07) is 0. The molecule has 1 heterocycles. The Morgan fingerprint density at radius 3 is 2.62 bits per heavy atom. The molecule has 0 aliphatic heterocycles. The van der Waals surface area contributed by atoms with E-state index in [0.29, 0.717) is 27.8 Å². The molecule has 0 fully saturated rings. The van der Waals surface area contributed by atoms with E-state index in [0.717, 1.165) is 0 Å². The number of nitrogens with zero attached hydrogens (tertiary/aromatic N) is 1. The van der Waals surface area contributed by atoms with Crippen molar-refractivity contribution >= 4 is 40.1 Å². The fourth-order valence-corrected chi connectivity index (χ4v) is 1.88. The zero-order valence-electron chi connectivity index (χ0n) is 8.59. The van der Waals surface area contributed by atoms with Crippen molar-refractivity contribution in [2.24, 2.45) is 0 Å². The number of carbonyl (C=O) groups excluding carboxylic acids is 1. The van der Waals surface area contributed by atoms with Crippen LogP contribution in [0.1, 0.15) is 18.9 Å². The highest BCUT2D eigenvalue weighted by molar-refractivity contribution is 8.13. The maximum absolute atomic E-state index is 10.6. The van der Waals surface area contributed by atoms with Crippen LogP contribution in [0, 0.1) is 11.8 Å². The first-order valence-electron chi connectivity index (χ1n) is 4.52. The molecule has 0 N–H and O–H groups in total. The summed E-state index contributed by atoms with van der Waals surface area (Å²) in [7, 11) is 0. The third-order valence-electron chi connectivity index (χ3n) is 1.60. The predicted molar refractivity (Wildman–Crippen MR) is 68.9 cm³/mol. The Balaban J connectivity index is 2.60. The molecule has 2 nitrogen and oxygen atoms in total. The largest absolute Gasteiger partial charge is 0.288 e. The van der Waals surface area contributed by atoms with Gasteiger partial charge in [0.25, 0.3) is 0 Å². The first-order chi connectivity index (χ1) is 7.61. The van der Waals surface area contributed by atoms with Gasteiger partial charge in [0.1, 0.15) is 0 Å². The zero-order chi connectivity index (χ0) is 12.0. The van der Waals surface area contributed by atoms with Crippen LogP contribution in [0.2, 0.25) is 10.0 Å². The van der Waals surface area contributed by atoms with Crippen LogP contribution < -0.4 is 0 Å². The Morgan fingerprint density at radius 2 is 2.06 bits per heavy atom. The molecule has 0 unspecified atom stereocenters. The summed E-state index contributed by atoms with van der Waals surface area (Å²) in [4.78, 5) is 14.5. The smallest absolute Gasteiger partial charge is 0.185 e. The fraction of sp³-hybridized carbons (Fsp3) is 0.273. The first-order valence-corrected chi connectivity index (χ1v) is 6.26. The minimum absolute atomic E-state index is 0.0989. The molecule has 0 saturated carbocycles. The monoisotopic (exact) mass is 273 g/mol. The second kappa shape index (κ2) is 6.80. The van der Waals surface area contributed by atoms with Gasteiger partial charge < -0.3 is 0 Å². The van der Waals surface area contributed by atoms with E-state index in [1.807, 2.05) is 0 Å². The van der Waals surface area contributed by atoms with E-state index in [1.54, 1.807) is 0 Å². The van der Waals surface area contributed by atoms with Gasteiger partial charge in [0.05, 0.1) is 15.6 Å². The van der Waals surface area contributed by atoms with Crippen molar-refractivity contribution in [3.05, 3.63) is 28.0 Å². The van der Waals surface area contributed by atoms with Gasteiger partial charge in [0.2, 0.25) is 0 Å². The summed E-state index contributed by atoms with van der Waals surface area (Å²) in [6.07, 6.45) is 3.63. The molecule has 0 atom stereocenters. The van der Waals surface area contributed by atoms with Gasteiger partial charge in [-0.1, -0.05) is 46.8 Å². The van der Waals surface area contributed by atoms with E-state index < -0.39 is 0 Å². The topological polar surface area (TPSA) is 30.0 Å². The first kappa shape index (κ1) is 13.4. The molecule has 0 aliphatic rings. The molecule has 84 valence electrons. The Bertz CT molecular complexity index is 431. The molecular weight excluding hydrogens is 265 g/mol. The van der Waals surface area contributed by atoms with Crippen LogP contribution in [0.25, 0.3) is 0 Å². The van der Waals surface area contributed by atoms with Crippen molar-refractivity contribution in [3.8, 4) is 11.8 Å². The Kier molecular flexibility index (Phi) is 5.68. The van der Waals surface area contributed by atoms with Crippen LogP contribution in [0.4, 0.5) is 0 Å². The molecule has 1 rings (SSSR count). The highest BCUT2D eigenvalue weighted by atomic mass is 35.5. The Hall–Kier alpha value is -0.690. The van der Waals surface area contributed by atoms with Gasteiger partial charge >= 0.3 is 0 Å². The van der Waals surface area contributed by atoms with Gasteiger partial charge in [0.15, 0.2) is 5.12 Å².